The van der Waals surface area contributed by atoms with Gasteiger partial charge in [0, 0.05) is 31.2 Å². The summed E-state index contributed by atoms with van der Waals surface area (Å²) in [6.07, 6.45) is 1.49. The number of carbonyl (C=O) groups is 1. The minimum absolute atomic E-state index is 0.0588. The summed E-state index contributed by atoms with van der Waals surface area (Å²) in [5.74, 6) is -2.02. The normalized spacial score (nSPS) is 12.8. The molecule has 4 aromatic carbocycles. The fourth-order valence-corrected chi connectivity index (χ4v) is 10.5. The lowest BCUT2D eigenvalue weighted by Gasteiger charge is -2.50. The molecular weight excluding hydrogens is 666 g/mol. The first kappa shape index (κ1) is 36.2. The molecule has 1 N–H and O–H groups in total. The number of rotatable bonds is 13. The number of thioether (sulfide) groups is 1. The summed E-state index contributed by atoms with van der Waals surface area (Å²) in [5, 5.41) is 2.03. The lowest BCUT2D eigenvalue weighted by atomic mass is 10.0. The molecule has 1 amide bonds. The van der Waals surface area contributed by atoms with Crippen LogP contribution in [0.4, 0.5) is 13.2 Å². The van der Waals surface area contributed by atoms with Crippen molar-refractivity contribution in [2.45, 2.75) is 52.4 Å². The van der Waals surface area contributed by atoms with Crippen molar-refractivity contribution in [3.8, 4) is 0 Å². The molecule has 1 atom stereocenters. The van der Waals surface area contributed by atoms with Gasteiger partial charge in [-0.2, -0.15) is 0 Å². The molecule has 10 heteroatoms. The molecule has 0 saturated carbocycles. The average Bonchev–Trinajstić information content (AvgIpc) is 3.09. The molecule has 5 rings (SSSR count). The number of amides is 1. The largest absolute Gasteiger partial charge is 0.359 e. The molecule has 1 heterocycles. The third-order valence-electron chi connectivity index (χ3n) is 7.81. The molecule has 0 spiro atoms. The van der Waals surface area contributed by atoms with Crippen molar-refractivity contribution >= 4 is 28.0 Å². The van der Waals surface area contributed by atoms with Gasteiger partial charge in [-0.1, -0.05) is 46.7 Å². The maximum atomic E-state index is 15.0. The summed E-state index contributed by atoms with van der Waals surface area (Å²) in [7, 11) is -1.92. The highest BCUT2D eigenvalue weighted by Crippen LogP contribution is 2.71. The molecule has 49 heavy (non-hydrogen) atoms. The molecule has 1 unspecified atom stereocenters. The van der Waals surface area contributed by atoms with E-state index in [1.165, 1.54) is 30.1 Å². The van der Waals surface area contributed by atoms with E-state index < -0.39 is 38.9 Å². The van der Waals surface area contributed by atoms with Crippen molar-refractivity contribution in [1.82, 2.24) is 10.3 Å². The van der Waals surface area contributed by atoms with E-state index in [0.29, 0.717) is 22.6 Å². The maximum absolute atomic E-state index is 15.0. The van der Waals surface area contributed by atoms with Crippen molar-refractivity contribution < 1.29 is 26.9 Å². The number of aromatic nitrogens is 1. The molecular formula is C39H39F3N2O3S2. The number of benzene rings is 4. The summed E-state index contributed by atoms with van der Waals surface area (Å²) < 4.78 is 55.1. The lowest BCUT2D eigenvalue weighted by Crippen LogP contribution is -2.30. The Labute approximate surface area is 291 Å². The number of pyridine rings is 1. The highest BCUT2D eigenvalue weighted by atomic mass is 32.3. The molecule has 0 aliphatic rings. The SMILES string of the molecule is Cc1cc(C(=O)NCOCCOS(c2ccccc2)(c2ccccc2)C(C)(C)C)ncc1C(Sc1ccc(F)cc1)c1cc(F)ccc1F. The van der Waals surface area contributed by atoms with E-state index >= 15 is 0 Å². The van der Waals surface area contributed by atoms with Crippen LogP contribution in [0, 0.1) is 24.4 Å². The summed E-state index contributed by atoms with van der Waals surface area (Å²) >= 11 is 1.23. The van der Waals surface area contributed by atoms with E-state index in [1.54, 1.807) is 25.1 Å². The number of halogens is 3. The summed E-state index contributed by atoms with van der Waals surface area (Å²) in [4.78, 5) is 20.3. The third-order valence-corrected chi connectivity index (χ3v) is 13.2. The molecule has 5 aromatic rings. The van der Waals surface area contributed by atoms with E-state index in [9.17, 15) is 18.0 Å². The first-order valence-electron chi connectivity index (χ1n) is 15.8. The monoisotopic (exact) mass is 704 g/mol. The van der Waals surface area contributed by atoms with Crippen LogP contribution in [0.1, 0.15) is 53.2 Å². The Balaban J connectivity index is 1.24. The van der Waals surface area contributed by atoms with Crippen molar-refractivity contribution in [3.05, 3.63) is 155 Å². The van der Waals surface area contributed by atoms with Gasteiger partial charge in [-0.25, -0.2) is 13.2 Å². The molecule has 0 fully saturated rings. The zero-order chi connectivity index (χ0) is 35.0. The van der Waals surface area contributed by atoms with Gasteiger partial charge in [-0.05, 0) is 112 Å². The van der Waals surface area contributed by atoms with E-state index in [0.717, 1.165) is 28.0 Å². The Bertz CT molecular complexity index is 1810. The number of nitrogens with zero attached hydrogens (tertiary/aromatic N) is 1. The second-order valence-corrected chi connectivity index (χ2v) is 16.9. The Hall–Kier alpha value is -4.09. The number of ether oxygens (including phenoxy) is 1. The van der Waals surface area contributed by atoms with Gasteiger partial charge < -0.3 is 14.2 Å². The van der Waals surface area contributed by atoms with E-state index in [1.807, 2.05) is 36.4 Å². The van der Waals surface area contributed by atoms with Crippen molar-refractivity contribution in [1.29, 1.82) is 0 Å². The van der Waals surface area contributed by atoms with Crippen LogP contribution >= 0.6 is 22.1 Å². The van der Waals surface area contributed by atoms with Crippen molar-refractivity contribution in [3.63, 3.8) is 0 Å². The van der Waals surface area contributed by atoms with Crippen LogP contribution in [0.25, 0.3) is 0 Å². The van der Waals surface area contributed by atoms with Crippen LogP contribution in [0.3, 0.4) is 0 Å². The van der Waals surface area contributed by atoms with Gasteiger partial charge in [0.2, 0.25) is 0 Å². The van der Waals surface area contributed by atoms with Gasteiger partial charge in [-0.15, -0.1) is 11.8 Å². The Kier molecular flexibility index (Phi) is 11.9. The second-order valence-electron chi connectivity index (χ2n) is 12.2. The summed E-state index contributed by atoms with van der Waals surface area (Å²) in [6.45, 7) is 8.82. The topological polar surface area (TPSA) is 60.5 Å². The molecule has 0 aliphatic heterocycles. The highest BCUT2D eigenvalue weighted by Gasteiger charge is 2.41. The van der Waals surface area contributed by atoms with Gasteiger partial charge in [0.1, 0.15) is 29.9 Å². The number of nitrogens with one attached hydrogen (secondary N) is 1. The highest BCUT2D eigenvalue weighted by molar-refractivity contribution is 8.31. The lowest BCUT2D eigenvalue weighted by molar-refractivity contribution is 0.0708. The zero-order valence-corrected chi connectivity index (χ0v) is 29.4. The van der Waals surface area contributed by atoms with E-state index in [4.69, 9.17) is 8.92 Å². The number of carbonyl (C=O) groups excluding carboxylic acids is 1. The van der Waals surface area contributed by atoms with Gasteiger partial charge in [0.05, 0.1) is 18.5 Å². The number of hydrogen-bond acceptors (Lipinski definition) is 5. The Morgan fingerprint density at radius 2 is 1.43 bits per heavy atom. The maximum Gasteiger partial charge on any atom is 0.271 e. The number of hydrogen-bond donors (Lipinski definition) is 1. The van der Waals surface area contributed by atoms with Crippen LogP contribution in [0.2, 0.25) is 0 Å². The second kappa shape index (κ2) is 16.1. The molecule has 0 bridgehead atoms. The minimum atomic E-state index is -1.92. The van der Waals surface area contributed by atoms with E-state index in [2.05, 4.69) is 55.3 Å². The summed E-state index contributed by atoms with van der Waals surface area (Å²) in [6, 6.07) is 31.1. The minimum Gasteiger partial charge on any atom is -0.359 e. The van der Waals surface area contributed by atoms with Crippen LogP contribution < -0.4 is 5.32 Å². The Morgan fingerprint density at radius 3 is 2.02 bits per heavy atom. The van der Waals surface area contributed by atoms with Gasteiger partial charge >= 0.3 is 0 Å². The van der Waals surface area contributed by atoms with Gasteiger partial charge in [-0.3, -0.25) is 9.78 Å². The molecule has 256 valence electrons. The van der Waals surface area contributed by atoms with Gasteiger partial charge in [0.15, 0.2) is 0 Å². The Morgan fingerprint density at radius 1 is 0.816 bits per heavy atom. The predicted octanol–water partition coefficient (Wildman–Crippen LogP) is 10.0. The zero-order valence-electron chi connectivity index (χ0n) is 27.8. The van der Waals surface area contributed by atoms with Crippen LogP contribution in [-0.4, -0.2) is 35.6 Å². The molecule has 5 nitrogen and oxygen atoms in total. The quantitative estimate of drug-likeness (QED) is 0.0751. The van der Waals surface area contributed by atoms with Crippen LogP contribution in [0.5, 0.6) is 0 Å². The first-order valence-corrected chi connectivity index (χ1v) is 18.2. The summed E-state index contributed by atoms with van der Waals surface area (Å²) in [5.41, 5.74) is 1.51. The standard InChI is InChI=1S/C39H39F3N2O3S2/c1-27-23-36(43-25-34(27)37(33-24-29(41)17-20-35(33)42)48-30-18-15-28(40)16-19-30)38(45)44-26-46-21-22-47-49(39(2,3)4,31-11-7-5-8-12-31)32-13-9-6-10-14-32/h5-20,23-25,37H,21-22,26H2,1-4H3,(H,44,45). The van der Waals surface area contributed by atoms with Gasteiger partial charge in [0.25, 0.3) is 5.91 Å². The van der Waals surface area contributed by atoms with E-state index in [-0.39, 0.29) is 29.3 Å². The molecule has 0 aliphatic carbocycles. The van der Waals surface area contributed by atoms with Crippen LogP contribution in [-0.2, 0) is 8.92 Å². The smallest absolute Gasteiger partial charge is 0.271 e. The predicted molar refractivity (Wildman–Crippen MR) is 190 cm³/mol. The molecule has 0 radical (unpaired) electrons. The fraction of sp³-hybridized carbons (Fsp3) is 0.231. The fourth-order valence-electron chi connectivity index (χ4n) is 5.50. The third kappa shape index (κ3) is 8.56. The first-order chi connectivity index (χ1) is 23.5. The number of aryl methyl sites for hydroxylation is 1. The molecule has 1 aromatic heterocycles. The average molecular weight is 705 g/mol. The molecule has 0 saturated heterocycles. The van der Waals surface area contributed by atoms with Crippen molar-refractivity contribution in [2.75, 3.05) is 19.9 Å². The van der Waals surface area contributed by atoms with Crippen LogP contribution in [0.15, 0.2) is 130 Å². The van der Waals surface area contributed by atoms with Crippen molar-refractivity contribution in [2.24, 2.45) is 0 Å².